The smallest absolute Gasteiger partial charge is 0.407 e. The zero-order valence-electron chi connectivity index (χ0n) is 15.7. The van der Waals surface area contributed by atoms with Crippen molar-refractivity contribution in [2.24, 2.45) is 0 Å². The third-order valence-corrected chi connectivity index (χ3v) is 5.11. The van der Waals surface area contributed by atoms with Crippen LogP contribution in [0.5, 0.6) is 0 Å². The number of benzene rings is 2. The number of nitrogens with one attached hydrogen (secondary N) is 1. The molecule has 4 rings (SSSR count). The Balaban J connectivity index is 1.43. The van der Waals surface area contributed by atoms with E-state index < -0.39 is 18.1 Å². The minimum absolute atomic E-state index is 0.0452. The molecule has 2 aromatic carbocycles. The van der Waals surface area contributed by atoms with Crippen LogP contribution in [0, 0.1) is 0 Å². The molecule has 0 bridgehead atoms. The van der Waals surface area contributed by atoms with Crippen LogP contribution >= 0.6 is 0 Å². The summed E-state index contributed by atoms with van der Waals surface area (Å²) in [5, 5.41) is 11.8. The van der Waals surface area contributed by atoms with E-state index in [9.17, 15) is 9.59 Å². The van der Waals surface area contributed by atoms with E-state index in [-0.39, 0.29) is 25.4 Å². The Morgan fingerprint density at radius 2 is 1.66 bits per heavy atom. The zero-order valence-corrected chi connectivity index (χ0v) is 15.7. The molecule has 0 unspecified atom stereocenters. The van der Waals surface area contributed by atoms with Crippen LogP contribution in [0.1, 0.15) is 29.2 Å². The van der Waals surface area contributed by atoms with E-state index in [1.807, 2.05) is 36.4 Å². The quantitative estimate of drug-likeness (QED) is 0.630. The van der Waals surface area contributed by atoms with Gasteiger partial charge in [-0.05, 0) is 34.4 Å². The summed E-state index contributed by atoms with van der Waals surface area (Å²) >= 11 is 0. The van der Waals surface area contributed by atoms with Crippen molar-refractivity contribution in [2.45, 2.75) is 24.8 Å². The summed E-state index contributed by atoms with van der Waals surface area (Å²) in [6, 6.07) is 19.0. The number of furan rings is 1. The van der Waals surface area contributed by atoms with Crippen LogP contribution in [0.25, 0.3) is 11.1 Å². The van der Waals surface area contributed by atoms with Gasteiger partial charge in [0.15, 0.2) is 0 Å². The van der Waals surface area contributed by atoms with E-state index in [1.165, 1.54) is 6.26 Å². The van der Waals surface area contributed by atoms with E-state index in [1.54, 1.807) is 12.1 Å². The molecule has 148 valence electrons. The Morgan fingerprint density at radius 3 is 2.24 bits per heavy atom. The summed E-state index contributed by atoms with van der Waals surface area (Å²) in [5.41, 5.74) is 4.55. The fourth-order valence-corrected chi connectivity index (χ4v) is 3.86. The van der Waals surface area contributed by atoms with Crippen molar-refractivity contribution in [2.75, 3.05) is 6.61 Å². The number of alkyl carbamates (subject to hydrolysis) is 1. The highest BCUT2D eigenvalue weighted by Gasteiger charge is 2.29. The first kappa shape index (κ1) is 18.8. The van der Waals surface area contributed by atoms with Gasteiger partial charge in [-0.1, -0.05) is 48.5 Å². The highest BCUT2D eigenvalue weighted by molar-refractivity contribution is 5.79. The number of fused-ring (bicyclic) bond motifs is 3. The number of ether oxygens (including phenoxy) is 1. The van der Waals surface area contributed by atoms with Gasteiger partial charge in [0.2, 0.25) is 0 Å². The lowest BCUT2D eigenvalue weighted by atomic mass is 9.98. The first-order valence-electron chi connectivity index (χ1n) is 9.47. The Morgan fingerprint density at radius 1 is 1.00 bits per heavy atom. The molecule has 6 nitrogen and oxygen atoms in total. The van der Waals surface area contributed by atoms with Crippen LogP contribution < -0.4 is 5.32 Å². The molecule has 1 aromatic heterocycles. The molecular formula is C23H21NO5. The van der Waals surface area contributed by atoms with E-state index in [4.69, 9.17) is 14.3 Å². The Bertz CT molecular complexity index is 966. The molecule has 0 saturated heterocycles. The van der Waals surface area contributed by atoms with Gasteiger partial charge >= 0.3 is 12.1 Å². The molecule has 3 aromatic rings. The number of carbonyl (C=O) groups excluding carboxylic acids is 1. The molecule has 0 radical (unpaired) electrons. The molecule has 0 aliphatic heterocycles. The lowest BCUT2D eigenvalue weighted by molar-refractivity contribution is -0.137. The number of amides is 1. The molecule has 1 aliphatic carbocycles. The number of aliphatic carboxylic acids is 1. The van der Waals surface area contributed by atoms with Gasteiger partial charge in [-0.2, -0.15) is 0 Å². The summed E-state index contributed by atoms with van der Waals surface area (Å²) < 4.78 is 10.8. The van der Waals surface area contributed by atoms with Crippen molar-refractivity contribution >= 4 is 12.1 Å². The monoisotopic (exact) mass is 391 g/mol. The molecule has 1 heterocycles. The largest absolute Gasteiger partial charge is 0.481 e. The average molecular weight is 391 g/mol. The fraction of sp³-hybridized carbons (Fsp3) is 0.217. The summed E-state index contributed by atoms with van der Waals surface area (Å²) in [7, 11) is 0. The van der Waals surface area contributed by atoms with Crippen LogP contribution in [0.2, 0.25) is 0 Å². The third-order valence-electron chi connectivity index (χ3n) is 5.11. The second kappa shape index (κ2) is 8.22. The summed E-state index contributed by atoms with van der Waals surface area (Å²) in [6.45, 7) is 0.181. The fourth-order valence-electron chi connectivity index (χ4n) is 3.86. The average Bonchev–Trinajstić information content (AvgIpc) is 3.32. The molecule has 0 fully saturated rings. The standard InChI is InChI=1S/C23H21NO5/c25-22(26)13-15(12-16-6-5-11-28-16)24-23(27)29-14-21-19-9-3-1-7-17(19)18-8-2-4-10-20(18)21/h1-11,15,21H,12-14H2,(H,24,27)(H,25,26)/t15-/m1/s1. The Labute approximate surface area is 168 Å². The molecule has 0 saturated carbocycles. The van der Waals surface area contributed by atoms with Crippen LogP contribution in [0.4, 0.5) is 4.79 Å². The lowest BCUT2D eigenvalue weighted by Crippen LogP contribution is -2.38. The number of carboxylic acid groups (broad SMARTS) is 1. The summed E-state index contributed by atoms with van der Waals surface area (Å²) in [5.74, 6) is -0.438. The predicted octanol–water partition coefficient (Wildman–Crippen LogP) is 4.20. The molecular weight excluding hydrogens is 370 g/mol. The minimum atomic E-state index is -1.000. The predicted molar refractivity (Wildman–Crippen MR) is 107 cm³/mol. The van der Waals surface area contributed by atoms with Gasteiger partial charge < -0.3 is 19.6 Å². The van der Waals surface area contributed by atoms with Crippen molar-refractivity contribution in [3.63, 3.8) is 0 Å². The number of hydrogen-bond acceptors (Lipinski definition) is 4. The molecule has 2 N–H and O–H groups in total. The second-order valence-electron chi connectivity index (χ2n) is 7.05. The molecule has 1 atom stereocenters. The van der Waals surface area contributed by atoms with E-state index in [0.717, 1.165) is 22.3 Å². The Hall–Kier alpha value is -3.54. The molecule has 6 heteroatoms. The molecule has 1 aliphatic rings. The van der Waals surface area contributed by atoms with Crippen molar-refractivity contribution in [3.8, 4) is 11.1 Å². The van der Waals surface area contributed by atoms with E-state index in [0.29, 0.717) is 5.76 Å². The highest BCUT2D eigenvalue weighted by Crippen LogP contribution is 2.44. The first-order valence-corrected chi connectivity index (χ1v) is 9.47. The van der Waals surface area contributed by atoms with Gasteiger partial charge in [0, 0.05) is 18.4 Å². The van der Waals surface area contributed by atoms with E-state index >= 15 is 0 Å². The summed E-state index contributed by atoms with van der Waals surface area (Å²) in [6.07, 6.45) is 0.944. The van der Waals surface area contributed by atoms with Crippen molar-refractivity contribution < 1.29 is 23.8 Å². The van der Waals surface area contributed by atoms with Crippen LogP contribution in [0.15, 0.2) is 71.3 Å². The SMILES string of the molecule is O=C(O)C[C@@H](Cc1ccco1)NC(=O)OCC1c2ccccc2-c2ccccc21. The number of carbonyl (C=O) groups is 2. The maximum atomic E-state index is 12.4. The van der Waals surface area contributed by atoms with Gasteiger partial charge in [-0.3, -0.25) is 4.79 Å². The lowest BCUT2D eigenvalue weighted by Gasteiger charge is -2.18. The maximum absolute atomic E-state index is 12.4. The number of hydrogen-bond donors (Lipinski definition) is 2. The highest BCUT2D eigenvalue weighted by atomic mass is 16.5. The minimum Gasteiger partial charge on any atom is -0.481 e. The van der Waals surface area contributed by atoms with Gasteiger partial charge in [-0.25, -0.2) is 4.79 Å². The molecule has 29 heavy (non-hydrogen) atoms. The van der Waals surface area contributed by atoms with Crippen molar-refractivity contribution in [1.29, 1.82) is 0 Å². The van der Waals surface area contributed by atoms with Gasteiger partial charge in [0.05, 0.1) is 12.7 Å². The number of rotatable bonds is 7. The zero-order chi connectivity index (χ0) is 20.2. The Kier molecular flexibility index (Phi) is 5.33. The first-order chi connectivity index (χ1) is 14.1. The number of carboxylic acids is 1. The molecule has 1 amide bonds. The van der Waals surface area contributed by atoms with Crippen molar-refractivity contribution in [3.05, 3.63) is 83.8 Å². The molecule has 0 spiro atoms. The van der Waals surface area contributed by atoms with Gasteiger partial charge in [0.1, 0.15) is 12.4 Å². The summed E-state index contributed by atoms with van der Waals surface area (Å²) in [4.78, 5) is 23.5. The topological polar surface area (TPSA) is 88.8 Å². The van der Waals surface area contributed by atoms with Gasteiger partial charge in [-0.15, -0.1) is 0 Å². The third kappa shape index (κ3) is 4.16. The normalized spacial score (nSPS) is 13.4. The van der Waals surface area contributed by atoms with Crippen LogP contribution in [-0.2, 0) is 16.0 Å². The second-order valence-corrected chi connectivity index (χ2v) is 7.05. The van der Waals surface area contributed by atoms with Crippen LogP contribution in [0.3, 0.4) is 0 Å². The van der Waals surface area contributed by atoms with Gasteiger partial charge in [0.25, 0.3) is 0 Å². The maximum Gasteiger partial charge on any atom is 0.407 e. The van der Waals surface area contributed by atoms with Crippen LogP contribution in [-0.4, -0.2) is 29.8 Å². The van der Waals surface area contributed by atoms with Crippen molar-refractivity contribution in [1.82, 2.24) is 5.32 Å². The van der Waals surface area contributed by atoms with E-state index in [2.05, 4.69) is 17.4 Å².